The third kappa shape index (κ3) is 5.56. The van der Waals surface area contributed by atoms with Crippen molar-refractivity contribution in [2.24, 2.45) is 0 Å². The number of carbonyl (C=O) groups is 2. The molecule has 2 aliphatic rings. The molecule has 4 nitrogen and oxygen atoms in total. The van der Waals surface area contributed by atoms with Crippen LogP contribution in [0.1, 0.15) is 58.5 Å². The maximum absolute atomic E-state index is 13.6. The topological polar surface area (TPSA) is 55.4 Å². The average molecular weight is 520 g/mol. The summed E-state index contributed by atoms with van der Waals surface area (Å²) in [6.07, 6.45) is -1.19. The fraction of sp³-hybridized carbons (Fsp3) is 0.200. The van der Waals surface area contributed by atoms with E-state index in [1.807, 2.05) is 19.9 Å². The van der Waals surface area contributed by atoms with Crippen molar-refractivity contribution < 1.29 is 14.3 Å². The Kier molecular flexibility index (Phi) is 7.67. The molecule has 2 aromatic rings. The Morgan fingerprint density at radius 3 is 2.17 bits per heavy atom. The highest BCUT2D eigenvalue weighted by molar-refractivity contribution is 6.31. The van der Waals surface area contributed by atoms with Gasteiger partial charge in [-0.05, 0) is 78.4 Å². The van der Waals surface area contributed by atoms with Gasteiger partial charge in [0.2, 0.25) is 6.10 Å². The van der Waals surface area contributed by atoms with Gasteiger partial charge < -0.3 is 10.1 Å². The van der Waals surface area contributed by atoms with Crippen LogP contribution in [0, 0.1) is 13.8 Å². The lowest BCUT2D eigenvalue weighted by Gasteiger charge is -2.19. The van der Waals surface area contributed by atoms with E-state index < -0.39 is 18.0 Å². The molecular formula is C30H27Cl2NO3. The highest BCUT2D eigenvalue weighted by Crippen LogP contribution is 2.40. The Hall–Kier alpha value is -3.34. The number of ether oxygens (including phenoxy) is 1. The van der Waals surface area contributed by atoms with Crippen molar-refractivity contribution in [3.8, 4) is 11.1 Å². The van der Waals surface area contributed by atoms with Gasteiger partial charge in [0.1, 0.15) is 0 Å². The number of aryl methyl sites for hydroxylation is 2. The first-order chi connectivity index (χ1) is 17.1. The van der Waals surface area contributed by atoms with Crippen molar-refractivity contribution in [1.29, 1.82) is 0 Å². The number of fused-ring (bicyclic) bond motifs is 1. The molecule has 0 saturated carbocycles. The van der Waals surface area contributed by atoms with Gasteiger partial charge in [0.25, 0.3) is 5.91 Å². The number of hydrogen-bond acceptors (Lipinski definition) is 3. The minimum absolute atomic E-state index is 0.257. The number of esters is 1. The number of hydrogen-bond donors (Lipinski definition) is 1. The molecule has 1 N–H and O–H groups in total. The summed E-state index contributed by atoms with van der Waals surface area (Å²) in [5.41, 5.74) is 6.79. The summed E-state index contributed by atoms with van der Waals surface area (Å²) in [5.74, 6) is -0.748. The third-order valence-corrected chi connectivity index (χ3v) is 6.66. The molecule has 0 fully saturated rings. The molecule has 0 aliphatic heterocycles. The second-order valence-electron chi connectivity index (χ2n) is 9.18. The van der Waals surface area contributed by atoms with Crippen LogP contribution in [0.5, 0.6) is 0 Å². The lowest BCUT2D eigenvalue weighted by atomic mass is 10.0. The van der Waals surface area contributed by atoms with Gasteiger partial charge in [-0.25, -0.2) is 4.79 Å². The standard InChI is InChI=1S/C30H27Cl2NO3/c1-17(2)21-9-8-18(3)27-25(16-21)19(4)14-26(27)33-29(34)28(20-10-12-23(31)13-11-20)36-30(35)22-6-5-7-24(32)15-22/h5-17,28H,1-4H3,(H,33,34). The highest BCUT2D eigenvalue weighted by Gasteiger charge is 2.28. The van der Waals surface area contributed by atoms with Gasteiger partial charge in [0.15, 0.2) is 0 Å². The predicted octanol–water partition coefficient (Wildman–Crippen LogP) is 8.38. The van der Waals surface area contributed by atoms with Crippen molar-refractivity contribution in [2.75, 3.05) is 5.32 Å². The Balaban J connectivity index is 1.69. The van der Waals surface area contributed by atoms with Gasteiger partial charge >= 0.3 is 5.97 Å². The van der Waals surface area contributed by atoms with E-state index in [2.05, 4.69) is 37.4 Å². The Morgan fingerprint density at radius 1 is 0.806 bits per heavy atom. The van der Waals surface area contributed by atoms with Gasteiger partial charge in [-0.2, -0.15) is 0 Å². The van der Waals surface area contributed by atoms with E-state index in [-0.39, 0.29) is 5.56 Å². The SMILES string of the molecule is Cc1cc(NC(=O)C(OC(=O)c2cccc(Cl)c2)c2ccc(Cl)cc2)c2c(C)ccc(C(C)C)cc1-2. The van der Waals surface area contributed by atoms with Crippen molar-refractivity contribution >= 4 is 40.8 Å². The lowest BCUT2D eigenvalue weighted by molar-refractivity contribution is -0.125. The van der Waals surface area contributed by atoms with Crippen molar-refractivity contribution in [3.63, 3.8) is 0 Å². The maximum Gasteiger partial charge on any atom is 0.339 e. The van der Waals surface area contributed by atoms with Crippen molar-refractivity contribution in [1.82, 2.24) is 0 Å². The fourth-order valence-electron chi connectivity index (χ4n) is 4.20. The molecule has 184 valence electrons. The van der Waals surface area contributed by atoms with E-state index in [0.29, 0.717) is 27.2 Å². The maximum atomic E-state index is 13.6. The van der Waals surface area contributed by atoms with Crippen LogP contribution in [-0.2, 0) is 9.53 Å². The summed E-state index contributed by atoms with van der Waals surface area (Å²) < 4.78 is 5.72. The second-order valence-corrected chi connectivity index (χ2v) is 10.1. The zero-order chi connectivity index (χ0) is 26.0. The number of benzene rings is 2. The molecule has 36 heavy (non-hydrogen) atoms. The van der Waals surface area contributed by atoms with Crippen molar-refractivity contribution in [3.05, 3.63) is 111 Å². The van der Waals surface area contributed by atoms with Crippen LogP contribution in [0.4, 0.5) is 5.69 Å². The van der Waals surface area contributed by atoms with Crippen LogP contribution in [0.25, 0.3) is 11.1 Å². The zero-order valence-electron chi connectivity index (χ0n) is 20.6. The molecule has 0 radical (unpaired) electrons. The summed E-state index contributed by atoms with van der Waals surface area (Å²) >= 11 is 12.1. The molecule has 1 amide bonds. The molecule has 0 bridgehead atoms. The van der Waals surface area contributed by atoms with E-state index >= 15 is 0 Å². The molecule has 6 heteroatoms. The van der Waals surface area contributed by atoms with Crippen LogP contribution >= 0.6 is 23.2 Å². The van der Waals surface area contributed by atoms with E-state index in [1.54, 1.807) is 42.5 Å². The molecular weight excluding hydrogens is 493 g/mol. The quantitative estimate of drug-likeness (QED) is 0.260. The molecule has 4 rings (SSSR count). The number of amides is 1. The summed E-state index contributed by atoms with van der Waals surface area (Å²) in [4.78, 5) is 26.5. The number of carbonyl (C=O) groups excluding carboxylic acids is 2. The van der Waals surface area contributed by atoms with Crippen LogP contribution in [-0.4, -0.2) is 11.9 Å². The van der Waals surface area contributed by atoms with Gasteiger partial charge in [-0.3, -0.25) is 4.79 Å². The Morgan fingerprint density at radius 2 is 1.50 bits per heavy atom. The summed E-state index contributed by atoms with van der Waals surface area (Å²) in [5, 5.41) is 3.93. The Bertz CT molecular complexity index is 1400. The molecule has 1 unspecified atom stereocenters. The van der Waals surface area contributed by atoms with Crippen LogP contribution in [0.15, 0.2) is 72.8 Å². The zero-order valence-corrected chi connectivity index (χ0v) is 22.1. The molecule has 2 aliphatic carbocycles. The van der Waals surface area contributed by atoms with Gasteiger partial charge in [0.05, 0.1) is 5.56 Å². The van der Waals surface area contributed by atoms with Gasteiger partial charge in [0, 0.05) is 26.9 Å². The summed E-state index contributed by atoms with van der Waals surface area (Å²) in [6, 6.07) is 21.4. The van der Waals surface area contributed by atoms with Crippen LogP contribution < -0.4 is 5.32 Å². The van der Waals surface area contributed by atoms with Gasteiger partial charge in [-0.1, -0.05) is 73.4 Å². The van der Waals surface area contributed by atoms with Crippen LogP contribution in [0.2, 0.25) is 10.0 Å². The molecule has 0 heterocycles. The van der Waals surface area contributed by atoms with E-state index in [1.165, 1.54) is 11.6 Å². The van der Waals surface area contributed by atoms with E-state index in [0.717, 1.165) is 22.3 Å². The number of halogens is 2. The van der Waals surface area contributed by atoms with Crippen molar-refractivity contribution in [2.45, 2.75) is 39.7 Å². The number of anilines is 1. The largest absolute Gasteiger partial charge is 0.444 e. The second kappa shape index (κ2) is 10.7. The Labute approximate surface area is 221 Å². The minimum atomic E-state index is -1.19. The monoisotopic (exact) mass is 519 g/mol. The average Bonchev–Trinajstić information content (AvgIpc) is 3.02. The molecule has 2 aromatic carbocycles. The number of nitrogens with one attached hydrogen (secondary N) is 1. The first-order valence-corrected chi connectivity index (χ1v) is 12.5. The first kappa shape index (κ1) is 25.7. The first-order valence-electron chi connectivity index (χ1n) is 11.7. The minimum Gasteiger partial charge on any atom is -0.444 e. The molecule has 0 aromatic heterocycles. The van der Waals surface area contributed by atoms with E-state index in [4.69, 9.17) is 27.9 Å². The predicted molar refractivity (Wildman–Crippen MR) is 146 cm³/mol. The third-order valence-electron chi connectivity index (χ3n) is 6.18. The molecule has 0 saturated heterocycles. The highest BCUT2D eigenvalue weighted by atomic mass is 35.5. The van der Waals surface area contributed by atoms with Gasteiger partial charge in [-0.15, -0.1) is 0 Å². The number of rotatable bonds is 6. The normalized spacial score (nSPS) is 12.0. The van der Waals surface area contributed by atoms with E-state index in [9.17, 15) is 9.59 Å². The summed E-state index contributed by atoms with van der Waals surface area (Å²) in [7, 11) is 0. The molecule has 1 atom stereocenters. The lowest BCUT2D eigenvalue weighted by Crippen LogP contribution is -2.26. The van der Waals surface area contributed by atoms with Crippen LogP contribution in [0.3, 0.4) is 0 Å². The summed E-state index contributed by atoms with van der Waals surface area (Å²) in [6.45, 7) is 8.36. The smallest absolute Gasteiger partial charge is 0.339 e. The fourth-order valence-corrected chi connectivity index (χ4v) is 4.51. The molecule has 0 spiro atoms.